The van der Waals surface area contributed by atoms with Crippen molar-refractivity contribution in [3.05, 3.63) is 36.0 Å². The first-order valence-corrected chi connectivity index (χ1v) is 7.79. The number of hydrogen-bond donors (Lipinski definition) is 1. The molecule has 1 fully saturated rings. The van der Waals surface area contributed by atoms with Crippen LogP contribution in [0, 0.1) is 11.3 Å². The maximum atomic E-state index is 9.55. The van der Waals surface area contributed by atoms with E-state index < -0.39 is 0 Å². The van der Waals surface area contributed by atoms with Crippen LogP contribution >= 0.6 is 0 Å². The van der Waals surface area contributed by atoms with E-state index in [4.69, 9.17) is 19.9 Å². The maximum absolute atomic E-state index is 9.55. The zero-order chi connectivity index (χ0) is 16.9. The fraction of sp³-hybridized carbons (Fsp3) is 0.333. The molecule has 0 aliphatic carbocycles. The topological polar surface area (TPSA) is 90.4 Å². The lowest BCUT2D eigenvalue weighted by molar-refractivity contribution is 0.0244. The molecule has 1 saturated heterocycles. The van der Waals surface area contributed by atoms with E-state index >= 15 is 0 Å². The summed E-state index contributed by atoms with van der Waals surface area (Å²) in [4.78, 5) is 3.99. The molecule has 6 nitrogen and oxygen atoms in total. The second-order valence-corrected chi connectivity index (χ2v) is 5.57. The number of methoxy groups -OCH3 is 1. The number of anilines is 1. The van der Waals surface area contributed by atoms with Crippen molar-refractivity contribution in [1.29, 1.82) is 5.26 Å². The van der Waals surface area contributed by atoms with Crippen LogP contribution in [0.4, 0.5) is 5.82 Å². The van der Waals surface area contributed by atoms with Crippen LogP contribution in [-0.4, -0.2) is 31.4 Å². The van der Waals surface area contributed by atoms with Crippen molar-refractivity contribution < 1.29 is 14.2 Å². The predicted octanol–water partition coefficient (Wildman–Crippen LogP) is 2.77. The molecule has 2 N–H and O–H groups in total. The minimum atomic E-state index is 0.0298. The molecular formula is C18H19N3O3. The fourth-order valence-electron chi connectivity index (χ4n) is 2.71. The minimum absolute atomic E-state index is 0.0298. The molecular weight excluding hydrogens is 306 g/mol. The summed E-state index contributed by atoms with van der Waals surface area (Å²) in [5, 5.41) is 9.55. The summed E-state index contributed by atoms with van der Waals surface area (Å²) in [7, 11) is 1.57. The Morgan fingerprint density at radius 2 is 2.04 bits per heavy atom. The number of aromatic nitrogens is 1. The van der Waals surface area contributed by atoms with Gasteiger partial charge in [-0.1, -0.05) is 0 Å². The smallest absolute Gasteiger partial charge is 0.179 e. The van der Waals surface area contributed by atoms with Crippen LogP contribution in [-0.2, 0) is 4.74 Å². The van der Waals surface area contributed by atoms with Crippen molar-refractivity contribution in [3.8, 4) is 28.7 Å². The average Bonchev–Trinajstić information content (AvgIpc) is 2.62. The van der Waals surface area contributed by atoms with E-state index in [1.54, 1.807) is 25.4 Å². The molecule has 1 aromatic carbocycles. The number of nitriles is 1. The Morgan fingerprint density at radius 1 is 1.25 bits per heavy atom. The molecule has 0 bridgehead atoms. The minimum Gasteiger partial charge on any atom is -0.493 e. The van der Waals surface area contributed by atoms with Gasteiger partial charge in [0.1, 0.15) is 18.0 Å². The van der Waals surface area contributed by atoms with Crippen molar-refractivity contribution in [3.63, 3.8) is 0 Å². The van der Waals surface area contributed by atoms with E-state index in [0.717, 1.165) is 24.0 Å². The zero-order valence-electron chi connectivity index (χ0n) is 13.5. The lowest BCUT2D eigenvalue weighted by atomic mass is 10.0. The van der Waals surface area contributed by atoms with Crippen LogP contribution in [0.15, 0.2) is 30.5 Å². The Balaban J connectivity index is 1.99. The number of rotatable bonds is 4. The van der Waals surface area contributed by atoms with E-state index in [0.29, 0.717) is 36.1 Å². The molecule has 0 radical (unpaired) electrons. The van der Waals surface area contributed by atoms with Gasteiger partial charge in [0.05, 0.1) is 25.9 Å². The molecule has 0 saturated carbocycles. The Morgan fingerprint density at radius 3 is 2.71 bits per heavy atom. The predicted molar refractivity (Wildman–Crippen MR) is 89.8 cm³/mol. The highest BCUT2D eigenvalue weighted by Crippen LogP contribution is 2.37. The molecule has 1 aliphatic rings. The number of nitrogens with zero attached hydrogens (tertiary/aromatic N) is 2. The molecule has 2 aromatic rings. The van der Waals surface area contributed by atoms with Gasteiger partial charge in [0.25, 0.3) is 0 Å². The number of pyridine rings is 1. The number of ether oxygens (including phenoxy) is 3. The van der Waals surface area contributed by atoms with E-state index in [2.05, 4.69) is 11.1 Å². The second-order valence-electron chi connectivity index (χ2n) is 5.57. The molecule has 0 amide bonds. The third-order valence-corrected chi connectivity index (χ3v) is 3.96. The highest BCUT2D eigenvalue weighted by molar-refractivity contribution is 5.72. The van der Waals surface area contributed by atoms with Gasteiger partial charge >= 0.3 is 0 Å². The van der Waals surface area contributed by atoms with E-state index in [1.165, 1.54) is 0 Å². The van der Waals surface area contributed by atoms with Crippen LogP contribution in [0.5, 0.6) is 11.5 Å². The van der Waals surface area contributed by atoms with E-state index in [1.807, 2.05) is 12.1 Å². The first-order valence-electron chi connectivity index (χ1n) is 7.79. The zero-order valence-corrected chi connectivity index (χ0v) is 13.5. The number of nitrogens with two attached hydrogens (primary N) is 1. The molecule has 1 aromatic heterocycles. The van der Waals surface area contributed by atoms with Crippen molar-refractivity contribution in [2.24, 2.45) is 0 Å². The Bertz CT molecular complexity index is 765. The summed E-state index contributed by atoms with van der Waals surface area (Å²) in [5.74, 6) is 1.44. The van der Waals surface area contributed by atoms with E-state index in [-0.39, 0.29) is 6.10 Å². The van der Waals surface area contributed by atoms with Crippen LogP contribution in [0.2, 0.25) is 0 Å². The first-order chi connectivity index (χ1) is 11.7. The van der Waals surface area contributed by atoms with Crippen LogP contribution in [0.25, 0.3) is 11.1 Å². The SMILES string of the molecule is COc1cc(-c2ccnc(N)c2)cc(C#N)c1OC1CCOCC1. The molecule has 3 rings (SSSR count). The van der Waals surface area contributed by atoms with Crippen LogP contribution in [0.1, 0.15) is 18.4 Å². The molecule has 1 aliphatic heterocycles. The third-order valence-electron chi connectivity index (χ3n) is 3.96. The summed E-state index contributed by atoms with van der Waals surface area (Å²) in [6, 6.07) is 9.43. The van der Waals surface area contributed by atoms with Gasteiger partial charge < -0.3 is 19.9 Å². The lowest BCUT2D eigenvalue weighted by Crippen LogP contribution is -2.26. The molecule has 124 valence electrons. The largest absolute Gasteiger partial charge is 0.493 e. The number of hydrogen-bond acceptors (Lipinski definition) is 6. The quantitative estimate of drug-likeness (QED) is 0.929. The molecule has 2 heterocycles. The van der Waals surface area contributed by atoms with E-state index in [9.17, 15) is 5.26 Å². The summed E-state index contributed by atoms with van der Waals surface area (Å²) in [5.41, 5.74) is 7.88. The van der Waals surface area contributed by atoms with Crippen LogP contribution < -0.4 is 15.2 Å². The molecule has 0 spiro atoms. The average molecular weight is 325 g/mol. The van der Waals surface area contributed by atoms with Gasteiger partial charge in [0.2, 0.25) is 0 Å². The van der Waals surface area contributed by atoms with Crippen molar-refractivity contribution in [2.75, 3.05) is 26.1 Å². The third kappa shape index (κ3) is 3.42. The Kier molecular flexibility index (Phi) is 4.82. The molecule has 0 atom stereocenters. The monoisotopic (exact) mass is 325 g/mol. The molecule has 0 unspecified atom stereocenters. The summed E-state index contributed by atoms with van der Waals surface area (Å²) >= 11 is 0. The van der Waals surface area contributed by atoms with Crippen LogP contribution in [0.3, 0.4) is 0 Å². The Labute approximate surface area is 140 Å². The van der Waals surface area contributed by atoms with Gasteiger partial charge in [-0.15, -0.1) is 0 Å². The fourth-order valence-corrected chi connectivity index (χ4v) is 2.71. The second kappa shape index (κ2) is 7.20. The van der Waals surface area contributed by atoms with Gasteiger partial charge in [-0.25, -0.2) is 4.98 Å². The van der Waals surface area contributed by atoms with Gasteiger partial charge in [0, 0.05) is 19.0 Å². The van der Waals surface area contributed by atoms with Crippen molar-refractivity contribution in [2.45, 2.75) is 18.9 Å². The Hall–Kier alpha value is -2.78. The highest BCUT2D eigenvalue weighted by atomic mass is 16.5. The van der Waals surface area contributed by atoms with Gasteiger partial charge in [-0.05, 0) is 35.4 Å². The molecule has 24 heavy (non-hydrogen) atoms. The summed E-state index contributed by atoms with van der Waals surface area (Å²) < 4.78 is 16.9. The van der Waals surface area contributed by atoms with Gasteiger partial charge in [-0.2, -0.15) is 5.26 Å². The van der Waals surface area contributed by atoms with Gasteiger partial charge in [-0.3, -0.25) is 0 Å². The standard InChI is InChI=1S/C18H19N3O3/c1-22-16-9-13(12-2-5-21-17(20)10-12)8-14(11-19)18(16)24-15-3-6-23-7-4-15/h2,5,8-10,15H,3-4,6-7H2,1H3,(H2,20,21). The summed E-state index contributed by atoms with van der Waals surface area (Å²) in [6.45, 7) is 1.34. The lowest BCUT2D eigenvalue weighted by Gasteiger charge is -2.25. The maximum Gasteiger partial charge on any atom is 0.179 e. The highest BCUT2D eigenvalue weighted by Gasteiger charge is 2.21. The molecule has 6 heteroatoms. The van der Waals surface area contributed by atoms with Gasteiger partial charge in [0.15, 0.2) is 11.5 Å². The first kappa shape index (κ1) is 16.1. The normalized spacial score (nSPS) is 14.8. The van der Waals surface area contributed by atoms with Crippen molar-refractivity contribution >= 4 is 5.82 Å². The van der Waals surface area contributed by atoms with Crippen molar-refractivity contribution in [1.82, 2.24) is 4.98 Å². The number of nitrogen functional groups attached to an aromatic ring is 1. The summed E-state index contributed by atoms with van der Waals surface area (Å²) in [6.07, 6.45) is 3.27. The number of benzene rings is 1.